The maximum atomic E-state index is 12.8. The molecule has 0 radical (unpaired) electrons. The summed E-state index contributed by atoms with van der Waals surface area (Å²) < 4.78 is 0. The fourth-order valence-electron chi connectivity index (χ4n) is 5.14. The Morgan fingerprint density at radius 2 is 1.81 bits per heavy atom. The maximum absolute atomic E-state index is 12.8. The van der Waals surface area contributed by atoms with E-state index in [1.165, 1.54) is 5.69 Å². The Hall–Kier alpha value is -2.15. The highest BCUT2D eigenvalue weighted by molar-refractivity contribution is 6.30. The Bertz CT molecular complexity index is 928. The van der Waals surface area contributed by atoms with E-state index in [1.54, 1.807) is 12.1 Å². The number of aliphatic hydroxyl groups excluding tert-OH is 1. The van der Waals surface area contributed by atoms with Crippen molar-refractivity contribution < 1.29 is 9.90 Å². The van der Waals surface area contributed by atoms with Gasteiger partial charge in [0.2, 0.25) is 0 Å². The predicted molar refractivity (Wildman–Crippen MR) is 128 cm³/mol. The molecule has 0 bridgehead atoms. The number of likely N-dealkylation sites (tertiary alicyclic amines) is 1. The minimum Gasteiger partial charge on any atom is -0.390 e. The first kappa shape index (κ1) is 23.0. The minimum absolute atomic E-state index is 0.0221. The number of aliphatic hydroxyl groups is 1. The molecule has 1 N–H and O–H groups in total. The second kappa shape index (κ2) is 10.2. The number of carbonyl (C=O) groups is 1. The van der Waals surface area contributed by atoms with E-state index < -0.39 is 0 Å². The first-order chi connectivity index (χ1) is 15.5. The summed E-state index contributed by atoms with van der Waals surface area (Å²) in [6.45, 7) is 8.85. The lowest BCUT2D eigenvalue weighted by atomic mass is 9.97. The number of rotatable bonds is 5. The number of aryl methyl sites for hydroxylation is 1. The lowest BCUT2D eigenvalue weighted by molar-refractivity contribution is 0.0491. The van der Waals surface area contributed by atoms with E-state index in [-0.39, 0.29) is 12.5 Å². The van der Waals surface area contributed by atoms with Gasteiger partial charge in [-0.05, 0) is 62.6 Å². The van der Waals surface area contributed by atoms with Crippen molar-refractivity contribution in [3.05, 3.63) is 58.4 Å². The minimum atomic E-state index is -0.0221. The van der Waals surface area contributed by atoms with Crippen molar-refractivity contribution in [2.24, 2.45) is 0 Å². The third kappa shape index (κ3) is 4.92. The van der Waals surface area contributed by atoms with Crippen molar-refractivity contribution in [3.8, 4) is 0 Å². The molecule has 2 aliphatic heterocycles. The quantitative estimate of drug-likeness (QED) is 0.742. The van der Waals surface area contributed by atoms with Gasteiger partial charge >= 0.3 is 0 Å². The average molecular weight is 457 g/mol. The number of piperidine rings is 1. The van der Waals surface area contributed by atoms with E-state index in [4.69, 9.17) is 11.6 Å². The summed E-state index contributed by atoms with van der Waals surface area (Å²) in [6.07, 6.45) is 3.13. The molecule has 0 aliphatic carbocycles. The zero-order chi connectivity index (χ0) is 22.7. The third-order valence-corrected chi connectivity index (χ3v) is 7.18. The number of piperazine rings is 1. The molecule has 2 saturated heterocycles. The van der Waals surface area contributed by atoms with E-state index in [9.17, 15) is 9.90 Å². The highest BCUT2D eigenvalue weighted by atomic mass is 35.5. The van der Waals surface area contributed by atoms with E-state index >= 15 is 0 Å². The second-order valence-corrected chi connectivity index (χ2v) is 9.28. The number of benzene rings is 1. The molecule has 2 aliphatic rings. The van der Waals surface area contributed by atoms with Crippen molar-refractivity contribution in [2.75, 3.05) is 37.6 Å². The van der Waals surface area contributed by atoms with Gasteiger partial charge in [-0.1, -0.05) is 18.5 Å². The lowest BCUT2D eigenvalue weighted by Gasteiger charge is -2.48. The van der Waals surface area contributed by atoms with E-state index in [1.807, 2.05) is 30.0 Å². The van der Waals surface area contributed by atoms with Gasteiger partial charge in [0.1, 0.15) is 0 Å². The third-order valence-electron chi connectivity index (χ3n) is 6.93. The largest absolute Gasteiger partial charge is 0.390 e. The number of halogens is 1. The molecule has 1 amide bonds. The number of aromatic nitrogens is 1. The fraction of sp³-hybridized carbons (Fsp3) is 0.520. The van der Waals surface area contributed by atoms with Crippen LogP contribution in [0, 0.1) is 6.92 Å². The molecule has 0 unspecified atom stereocenters. The zero-order valence-electron chi connectivity index (χ0n) is 19.0. The van der Waals surface area contributed by atoms with Crippen LogP contribution in [0.2, 0.25) is 5.02 Å². The van der Waals surface area contributed by atoms with Gasteiger partial charge in [0.15, 0.2) is 0 Å². The van der Waals surface area contributed by atoms with Crippen LogP contribution in [0.5, 0.6) is 0 Å². The average Bonchev–Trinajstić information content (AvgIpc) is 2.83. The summed E-state index contributed by atoms with van der Waals surface area (Å²) in [4.78, 5) is 24.5. The number of anilines is 1. The van der Waals surface area contributed by atoms with Crippen molar-refractivity contribution >= 4 is 23.2 Å². The van der Waals surface area contributed by atoms with Crippen LogP contribution in [0.15, 0.2) is 36.4 Å². The van der Waals surface area contributed by atoms with Gasteiger partial charge in [-0.25, -0.2) is 0 Å². The summed E-state index contributed by atoms with van der Waals surface area (Å²) in [5.74, 6) is 0.103. The summed E-state index contributed by atoms with van der Waals surface area (Å²) in [5, 5.41) is 9.99. The van der Waals surface area contributed by atoms with Gasteiger partial charge in [0.05, 0.1) is 23.7 Å². The topological polar surface area (TPSA) is 59.9 Å². The van der Waals surface area contributed by atoms with Crippen LogP contribution in [0.4, 0.5) is 5.69 Å². The second-order valence-electron chi connectivity index (χ2n) is 8.84. The Balaban J connectivity index is 1.36. The molecular weight excluding hydrogens is 424 g/mol. The fourth-order valence-corrected chi connectivity index (χ4v) is 5.26. The van der Waals surface area contributed by atoms with E-state index in [0.717, 1.165) is 63.4 Å². The van der Waals surface area contributed by atoms with Crippen LogP contribution in [0.3, 0.4) is 0 Å². The summed E-state index contributed by atoms with van der Waals surface area (Å²) >= 11 is 5.96. The van der Waals surface area contributed by atoms with Crippen LogP contribution in [0.1, 0.15) is 47.9 Å². The number of nitrogens with zero attached hydrogens (tertiary/aromatic N) is 4. The number of amides is 1. The summed E-state index contributed by atoms with van der Waals surface area (Å²) in [7, 11) is 0. The van der Waals surface area contributed by atoms with Gasteiger partial charge in [-0.3, -0.25) is 14.7 Å². The van der Waals surface area contributed by atoms with Crippen LogP contribution in [0.25, 0.3) is 0 Å². The number of carbonyl (C=O) groups excluding carboxylic acids is 1. The molecule has 172 valence electrons. The van der Waals surface area contributed by atoms with Gasteiger partial charge in [-0.15, -0.1) is 0 Å². The Kier molecular flexibility index (Phi) is 7.33. The molecule has 1 aromatic carbocycles. The smallest absolute Gasteiger partial charge is 0.253 e. The Labute approximate surface area is 195 Å². The van der Waals surface area contributed by atoms with Gasteiger partial charge in [-0.2, -0.15) is 0 Å². The van der Waals surface area contributed by atoms with E-state index in [2.05, 4.69) is 27.8 Å². The Morgan fingerprint density at radius 3 is 2.44 bits per heavy atom. The van der Waals surface area contributed by atoms with Crippen LogP contribution in [-0.4, -0.2) is 70.6 Å². The molecule has 7 heteroatoms. The first-order valence-corrected chi connectivity index (χ1v) is 12.0. The van der Waals surface area contributed by atoms with Crippen molar-refractivity contribution in [1.82, 2.24) is 14.8 Å². The zero-order valence-corrected chi connectivity index (χ0v) is 19.8. The first-order valence-electron chi connectivity index (χ1n) is 11.6. The molecule has 0 spiro atoms. The number of pyridine rings is 1. The Morgan fingerprint density at radius 1 is 1.09 bits per heavy atom. The SMILES string of the molecule is CC[C@H]1CN(c2ccc(CO)nc2C)CCN1C1CCN(C(=O)c2ccc(Cl)cc2)CC1. The lowest BCUT2D eigenvalue weighted by Crippen LogP contribution is -2.58. The van der Waals surface area contributed by atoms with Crippen LogP contribution in [-0.2, 0) is 6.61 Å². The standard InChI is InChI=1S/C25H33ClN4O2/c1-3-22-16-29(24-9-8-21(17-31)27-18(24)2)14-15-30(22)23-10-12-28(13-11-23)25(32)19-4-6-20(26)7-5-19/h4-9,22-23,31H,3,10-17H2,1-2H3/t22-/m0/s1. The maximum Gasteiger partial charge on any atom is 0.253 e. The highest BCUT2D eigenvalue weighted by Crippen LogP contribution is 2.28. The number of hydrogen-bond donors (Lipinski definition) is 1. The van der Waals surface area contributed by atoms with Gasteiger partial charge < -0.3 is 14.9 Å². The molecule has 2 aromatic rings. The molecule has 1 atom stereocenters. The number of hydrogen-bond acceptors (Lipinski definition) is 5. The van der Waals surface area contributed by atoms with Crippen LogP contribution >= 0.6 is 11.6 Å². The molecule has 6 nitrogen and oxygen atoms in total. The highest BCUT2D eigenvalue weighted by Gasteiger charge is 2.34. The van der Waals surface area contributed by atoms with Gasteiger partial charge in [0, 0.05) is 55.4 Å². The normalized spacial score (nSPS) is 20.6. The molecule has 3 heterocycles. The van der Waals surface area contributed by atoms with Gasteiger partial charge in [0.25, 0.3) is 5.91 Å². The molecule has 32 heavy (non-hydrogen) atoms. The molecule has 2 fully saturated rings. The van der Waals surface area contributed by atoms with Crippen molar-refractivity contribution in [3.63, 3.8) is 0 Å². The molecule has 1 aromatic heterocycles. The predicted octanol–water partition coefficient (Wildman–Crippen LogP) is 3.74. The van der Waals surface area contributed by atoms with E-state index in [0.29, 0.717) is 22.7 Å². The summed E-state index contributed by atoms with van der Waals surface area (Å²) in [6, 6.07) is 12.2. The molecular formula is C25H33ClN4O2. The molecule has 0 saturated carbocycles. The van der Waals surface area contributed by atoms with Crippen molar-refractivity contribution in [1.29, 1.82) is 0 Å². The van der Waals surface area contributed by atoms with Crippen LogP contribution < -0.4 is 4.90 Å². The monoisotopic (exact) mass is 456 g/mol. The summed E-state index contributed by atoms with van der Waals surface area (Å²) in [5.41, 5.74) is 3.58. The van der Waals surface area contributed by atoms with Crippen molar-refractivity contribution in [2.45, 2.75) is 51.8 Å². The molecule has 4 rings (SSSR count).